The molecular weight excluding hydrogens is 470 g/mol. The smallest absolute Gasteiger partial charge is 0.378 e. The fraction of sp³-hybridized carbons (Fsp3) is 0.591. The van der Waals surface area contributed by atoms with Gasteiger partial charge in [-0.15, -0.1) is 0 Å². The molecule has 1 unspecified atom stereocenters. The number of carbonyl (C=O) groups excluding carboxylic acids is 1. The van der Waals surface area contributed by atoms with Gasteiger partial charge in [0.2, 0.25) is 5.76 Å². The predicted molar refractivity (Wildman–Crippen MR) is 119 cm³/mol. The van der Waals surface area contributed by atoms with Gasteiger partial charge in [-0.25, -0.2) is 4.79 Å². The Labute approximate surface area is 202 Å². The number of carbonyl (C=O) groups is 1. The first-order chi connectivity index (χ1) is 16.8. The minimum absolute atomic E-state index is 0.0105. The van der Waals surface area contributed by atoms with Crippen molar-refractivity contribution >= 4 is 5.97 Å². The van der Waals surface area contributed by atoms with Crippen molar-refractivity contribution in [2.24, 2.45) is 0 Å². The van der Waals surface area contributed by atoms with Crippen LogP contribution in [-0.4, -0.2) is 115 Å². The number of ether oxygens (including phenoxy) is 5. The molecule has 1 heterocycles. The van der Waals surface area contributed by atoms with E-state index in [9.17, 15) is 30.3 Å². The number of cyclic esters (lactones) is 1. The molecule has 3 atom stereocenters. The molecule has 35 heavy (non-hydrogen) atoms. The molecule has 198 valence electrons. The summed E-state index contributed by atoms with van der Waals surface area (Å²) < 4.78 is 26.1. The van der Waals surface area contributed by atoms with Crippen LogP contribution in [0.4, 0.5) is 0 Å². The summed E-state index contributed by atoms with van der Waals surface area (Å²) in [6, 6.07) is 4.15. The van der Waals surface area contributed by atoms with Gasteiger partial charge in [-0.2, -0.15) is 0 Å². The largest absolute Gasteiger partial charge is 0.504 e. The summed E-state index contributed by atoms with van der Waals surface area (Å²) in [7, 11) is 0. The van der Waals surface area contributed by atoms with Gasteiger partial charge in [0.05, 0.1) is 52.4 Å². The van der Waals surface area contributed by atoms with Gasteiger partial charge in [0, 0.05) is 13.1 Å². The first-order valence-electron chi connectivity index (χ1n) is 11.0. The van der Waals surface area contributed by atoms with Gasteiger partial charge in [-0.1, -0.05) is 6.07 Å². The van der Waals surface area contributed by atoms with Crippen LogP contribution in [0.3, 0.4) is 0 Å². The van der Waals surface area contributed by atoms with Crippen molar-refractivity contribution in [2.45, 2.75) is 18.3 Å². The van der Waals surface area contributed by atoms with Crippen molar-refractivity contribution in [1.82, 2.24) is 5.32 Å². The lowest BCUT2D eigenvalue weighted by Crippen LogP contribution is -2.32. The number of esters is 1. The first-order valence-corrected chi connectivity index (χ1v) is 11.0. The van der Waals surface area contributed by atoms with Crippen LogP contribution in [0.2, 0.25) is 0 Å². The summed E-state index contributed by atoms with van der Waals surface area (Å²) in [6.45, 7) is 1.95. The molecule has 0 saturated carbocycles. The number of hydrogen-bond acceptors (Lipinski definition) is 13. The van der Waals surface area contributed by atoms with Gasteiger partial charge in [0.25, 0.3) is 0 Å². The SMILES string of the molecule is O=C1OC([C@H](O)CO)C(OCCOCCOCCOCCNC[C@H](O)c2ccc(O)c(O)c2)=C1O. The lowest BCUT2D eigenvalue weighted by molar-refractivity contribution is -0.148. The third-order valence-electron chi connectivity index (χ3n) is 4.83. The molecule has 1 aliphatic rings. The Morgan fingerprint density at radius 3 is 2.17 bits per heavy atom. The molecule has 0 spiro atoms. The number of hydrogen-bond donors (Lipinski definition) is 7. The Morgan fingerprint density at radius 2 is 1.54 bits per heavy atom. The summed E-state index contributed by atoms with van der Waals surface area (Å²) in [5, 5.41) is 60.0. The molecule has 13 heteroatoms. The molecule has 0 bridgehead atoms. The van der Waals surface area contributed by atoms with Gasteiger partial charge in [0.1, 0.15) is 12.7 Å². The van der Waals surface area contributed by atoms with Crippen LogP contribution in [0.25, 0.3) is 0 Å². The van der Waals surface area contributed by atoms with Crippen molar-refractivity contribution in [1.29, 1.82) is 0 Å². The highest BCUT2D eigenvalue weighted by atomic mass is 16.6. The Balaban J connectivity index is 1.41. The predicted octanol–water partition coefficient (Wildman–Crippen LogP) is -1.16. The number of aromatic hydroxyl groups is 2. The first kappa shape index (κ1) is 28.6. The lowest BCUT2D eigenvalue weighted by atomic mass is 10.1. The van der Waals surface area contributed by atoms with E-state index in [2.05, 4.69) is 5.32 Å². The maximum Gasteiger partial charge on any atom is 0.378 e. The maximum absolute atomic E-state index is 11.4. The van der Waals surface area contributed by atoms with E-state index < -0.39 is 36.6 Å². The second kappa shape index (κ2) is 15.4. The summed E-state index contributed by atoms with van der Waals surface area (Å²) in [4.78, 5) is 11.4. The number of nitrogens with one attached hydrogen (secondary N) is 1. The van der Waals surface area contributed by atoms with Gasteiger partial charge in [-0.05, 0) is 17.7 Å². The third-order valence-corrected chi connectivity index (χ3v) is 4.83. The van der Waals surface area contributed by atoms with Crippen molar-refractivity contribution < 1.29 is 59.1 Å². The lowest BCUT2D eigenvalue weighted by Gasteiger charge is -2.18. The number of rotatable bonds is 18. The second-order valence-corrected chi connectivity index (χ2v) is 7.44. The molecule has 0 amide bonds. The molecule has 0 saturated heterocycles. The third kappa shape index (κ3) is 9.49. The second-order valence-electron chi connectivity index (χ2n) is 7.44. The van der Waals surface area contributed by atoms with Crippen molar-refractivity contribution in [3.05, 3.63) is 35.3 Å². The van der Waals surface area contributed by atoms with E-state index in [-0.39, 0.29) is 43.6 Å². The quantitative estimate of drug-likeness (QED) is 0.0720. The molecule has 1 aromatic carbocycles. The van der Waals surface area contributed by atoms with E-state index in [1.807, 2.05) is 0 Å². The highest BCUT2D eigenvalue weighted by molar-refractivity contribution is 5.89. The summed E-state index contributed by atoms with van der Waals surface area (Å²) in [5.74, 6) is -2.54. The average molecular weight is 504 g/mol. The van der Waals surface area contributed by atoms with Crippen LogP contribution in [-0.2, 0) is 28.5 Å². The van der Waals surface area contributed by atoms with Gasteiger partial charge >= 0.3 is 5.97 Å². The zero-order valence-electron chi connectivity index (χ0n) is 19.2. The molecule has 7 N–H and O–H groups in total. The van der Waals surface area contributed by atoms with Crippen LogP contribution in [0.15, 0.2) is 29.7 Å². The maximum atomic E-state index is 11.4. The molecule has 1 aromatic rings. The summed E-state index contributed by atoms with van der Waals surface area (Å²) >= 11 is 0. The minimum Gasteiger partial charge on any atom is -0.504 e. The van der Waals surface area contributed by atoms with Crippen molar-refractivity contribution in [3.63, 3.8) is 0 Å². The van der Waals surface area contributed by atoms with Gasteiger partial charge in [-0.3, -0.25) is 0 Å². The van der Waals surface area contributed by atoms with E-state index in [4.69, 9.17) is 28.8 Å². The van der Waals surface area contributed by atoms with Crippen molar-refractivity contribution in [3.8, 4) is 11.5 Å². The molecular formula is C22H33NO12. The van der Waals surface area contributed by atoms with Gasteiger partial charge in [0.15, 0.2) is 23.4 Å². The fourth-order valence-corrected chi connectivity index (χ4v) is 2.96. The number of aliphatic hydroxyl groups is 4. The number of benzene rings is 1. The zero-order chi connectivity index (χ0) is 25.6. The Kier molecular flexibility index (Phi) is 12.6. The molecule has 0 fully saturated rings. The zero-order valence-corrected chi connectivity index (χ0v) is 19.2. The van der Waals surface area contributed by atoms with E-state index in [1.54, 1.807) is 0 Å². The van der Waals surface area contributed by atoms with E-state index in [0.29, 0.717) is 38.5 Å². The topological polar surface area (TPSA) is 197 Å². The molecule has 1 aliphatic heterocycles. The monoisotopic (exact) mass is 503 g/mol. The highest BCUT2D eigenvalue weighted by Crippen LogP contribution is 2.27. The average Bonchev–Trinajstić information content (AvgIpc) is 3.13. The number of aliphatic hydroxyl groups excluding tert-OH is 4. The van der Waals surface area contributed by atoms with Gasteiger partial charge < -0.3 is 59.6 Å². The van der Waals surface area contributed by atoms with Crippen LogP contribution in [0.1, 0.15) is 11.7 Å². The normalized spacial score (nSPS) is 17.5. The molecule has 0 radical (unpaired) electrons. The summed E-state index contributed by atoms with van der Waals surface area (Å²) in [5.41, 5.74) is 0.485. The van der Waals surface area contributed by atoms with E-state index >= 15 is 0 Å². The van der Waals surface area contributed by atoms with Crippen LogP contribution in [0.5, 0.6) is 11.5 Å². The van der Waals surface area contributed by atoms with E-state index in [0.717, 1.165) is 0 Å². The number of phenols is 2. The Hall–Kier alpha value is -2.65. The highest BCUT2D eigenvalue weighted by Gasteiger charge is 2.40. The molecule has 0 aliphatic carbocycles. The van der Waals surface area contributed by atoms with Crippen LogP contribution < -0.4 is 5.32 Å². The molecule has 13 nitrogen and oxygen atoms in total. The minimum atomic E-state index is -1.40. The van der Waals surface area contributed by atoms with E-state index in [1.165, 1.54) is 18.2 Å². The summed E-state index contributed by atoms with van der Waals surface area (Å²) in [6.07, 6.45) is -3.50. The Bertz CT molecular complexity index is 818. The molecule has 0 aromatic heterocycles. The van der Waals surface area contributed by atoms with Crippen LogP contribution >= 0.6 is 0 Å². The standard InChI is InChI=1S/C22H33NO12/c24-13-18(28)20-21(19(29)22(30)35-20)34-10-9-33-8-7-32-6-5-31-4-3-23-12-17(27)14-1-2-15(25)16(26)11-14/h1-2,11,17-18,20,23-29H,3-10,12-13H2/t17-,18+,20?/m0/s1. The Morgan fingerprint density at radius 1 is 0.914 bits per heavy atom. The number of phenolic OH excluding ortho intramolecular Hbond substituents is 2. The molecule has 2 rings (SSSR count). The van der Waals surface area contributed by atoms with Crippen molar-refractivity contribution in [2.75, 3.05) is 65.9 Å². The fourth-order valence-electron chi connectivity index (χ4n) is 2.96. The van der Waals surface area contributed by atoms with Crippen LogP contribution in [0, 0.1) is 0 Å².